The van der Waals surface area contributed by atoms with Gasteiger partial charge in [-0.1, -0.05) is 190 Å². The van der Waals surface area contributed by atoms with Gasteiger partial charge in [0, 0.05) is 5.41 Å². The number of hydrogen-bond donors (Lipinski definition) is 0. The fourth-order valence-electron chi connectivity index (χ4n) is 9.70. The van der Waals surface area contributed by atoms with Gasteiger partial charge in [-0.15, -0.1) is 0 Å². The van der Waals surface area contributed by atoms with Crippen molar-refractivity contribution in [2.75, 3.05) is 0 Å². The second-order valence-electron chi connectivity index (χ2n) is 15.2. The van der Waals surface area contributed by atoms with Gasteiger partial charge < -0.3 is 0 Å². The third kappa shape index (κ3) is 4.30. The van der Waals surface area contributed by atoms with E-state index in [9.17, 15) is 0 Å². The molecule has 1 aliphatic rings. The average molecular weight is 673 g/mol. The van der Waals surface area contributed by atoms with Crippen molar-refractivity contribution < 1.29 is 0 Å². The molecule has 248 valence electrons. The molecule has 0 amide bonds. The molecule has 0 heteroatoms. The maximum absolute atomic E-state index is 2.40. The summed E-state index contributed by atoms with van der Waals surface area (Å²) in [5, 5.41) is 12.9. The van der Waals surface area contributed by atoms with Crippen LogP contribution >= 0.6 is 0 Å². The minimum Gasteiger partial charge on any atom is -0.0616 e. The van der Waals surface area contributed by atoms with Crippen LogP contribution in [0.4, 0.5) is 0 Å². The van der Waals surface area contributed by atoms with Crippen LogP contribution in [0.1, 0.15) is 25.0 Å². The van der Waals surface area contributed by atoms with Gasteiger partial charge in [0.15, 0.2) is 0 Å². The predicted octanol–water partition coefficient (Wildman–Crippen LogP) is 14.8. The molecule has 0 spiro atoms. The molecule has 0 aromatic heterocycles. The lowest BCUT2D eigenvalue weighted by Crippen LogP contribution is -2.15. The summed E-state index contributed by atoms with van der Waals surface area (Å²) in [6.07, 6.45) is 0. The summed E-state index contributed by atoms with van der Waals surface area (Å²) in [7, 11) is 0. The molecule has 0 atom stereocenters. The molecule has 0 nitrogen and oxygen atoms in total. The molecule has 1 aliphatic carbocycles. The second-order valence-corrected chi connectivity index (χ2v) is 15.2. The lowest BCUT2D eigenvalue weighted by molar-refractivity contribution is 0.666. The van der Waals surface area contributed by atoms with E-state index in [0.29, 0.717) is 0 Å². The largest absolute Gasteiger partial charge is 0.0616 e. The van der Waals surface area contributed by atoms with Gasteiger partial charge >= 0.3 is 0 Å². The van der Waals surface area contributed by atoms with Gasteiger partial charge in [0.25, 0.3) is 0 Å². The van der Waals surface area contributed by atoms with Crippen LogP contribution in [0.2, 0.25) is 0 Å². The summed E-state index contributed by atoms with van der Waals surface area (Å²) in [6, 6.07) is 67.8. The van der Waals surface area contributed by atoms with Crippen molar-refractivity contribution in [2.45, 2.75) is 19.3 Å². The Kier molecular flexibility index (Phi) is 6.40. The van der Waals surface area contributed by atoms with Gasteiger partial charge in [-0.05, 0) is 116 Å². The zero-order valence-corrected chi connectivity index (χ0v) is 29.8. The third-order valence-electron chi connectivity index (χ3n) is 12.0. The first kappa shape index (κ1) is 30.2. The van der Waals surface area contributed by atoms with Crippen molar-refractivity contribution >= 4 is 53.9 Å². The molecule has 0 bridgehead atoms. The van der Waals surface area contributed by atoms with Crippen molar-refractivity contribution in [3.05, 3.63) is 193 Å². The van der Waals surface area contributed by atoms with E-state index in [0.717, 1.165) is 0 Å². The van der Waals surface area contributed by atoms with Crippen LogP contribution in [-0.2, 0) is 5.41 Å². The van der Waals surface area contributed by atoms with E-state index in [-0.39, 0.29) is 5.41 Å². The number of hydrogen-bond acceptors (Lipinski definition) is 0. The molecular weight excluding hydrogens is 637 g/mol. The molecular formula is C53H36. The van der Waals surface area contributed by atoms with E-state index >= 15 is 0 Å². The molecule has 0 radical (unpaired) electrons. The van der Waals surface area contributed by atoms with E-state index in [1.165, 1.54) is 109 Å². The lowest BCUT2D eigenvalue weighted by atomic mass is 9.80. The van der Waals surface area contributed by atoms with Crippen LogP contribution < -0.4 is 0 Å². The number of fused-ring (bicyclic) bond motifs is 10. The van der Waals surface area contributed by atoms with Crippen molar-refractivity contribution in [2.24, 2.45) is 0 Å². The average Bonchev–Trinajstić information content (AvgIpc) is 3.46. The first-order chi connectivity index (χ1) is 26.1. The van der Waals surface area contributed by atoms with Gasteiger partial charge in [0.05, 0.1) is 0 Å². The molecule has 0 N–H and O–H groups in total. The highest BCUT2D eigenvalue weighted by Crippen LogP contribution is 2.54. The molecule has 0 fully saturated rings. The Morgan fingerprint density at radius 1 is 0.302 bits per heavy atom. The first-order valence-electron chi connectivity index (χ1n) is 18.7. The fraction of sp³-hybridized carbons (Fsp3) is 0.0566. The van der Waals surface area contributed by atoms with Gasteiger partial charge in [-0.2, -0.15) is 0 Å². The summed E-state index contributed by atoms with van der Waals surface area (Å²) < 4.78 is 0. The quantitative estimate of drug-likeness (QED) is 0.129. The van der Waals surface area contributed by atoms with Crippen LogP contribution in [-0.4, -0.2) is 0 Å². The van der Waals surface area contributed by atoms with Gasteiger partial charge in [0.2, 0.25) is 0 Å². The Labute approximate surface area is 309 Å². The van der Waals surface area contributed by atoms with Gasteiger partial charge in [-0.25, -0.2) is 0 Å². The molecule has 0 aliphatic heterocycles. The Bertz CT molecular complexity index is 3060. The minimum absolute atomic E-state index is 0.0859. The maximum Gasteiger partial charge on any atom is 0.0165 e. The Hall–Kier alpha value is -6.50. The zero-order chi connectivity index (χ0) is 35.3. The fourth-order valence-corrected chi connectivity index (χ4v) is 9.70. The topological polar surface area (TPSA) is 0 Å². The van der Waals surface area contributed by atoms with Crippen LogP contribution in [0, 0.1) is 0 Å². The van der Waals surface area contributed by atoms with E-state index < -0.39 is 0 Å². The maximum atomic E-state index is 2.40. The smallest absolute Gasteiger partial charge is 0.0165 e. The SMILES string of the molecule is CC1(C)c2cccc(-c3ccc(-c4c5ccccc5c(-c5cc6ccccc6c6ccccc56)c5ccccc45)cc3)c2-c2ccc3ccccc3c21. The highest BCUT2D eigenvalue weighted by atomic mass is 14.4. The Morgan fingerprint density at radius 3 is 1.51 bits per heavy atom. The molecule has 53 heavy (non-hydrogen) atoms. The highest BCUT2D eigenvalue weighted by Gasteiger charge is 2.38. The van der Waals surface area contributed by atoms with Crippen molar-refractivity contribution in [1.82, 2.24) is 0 Å². The minimum atomic E-state index is -0.0859. The molecule has 0 saturated heterocycles. The molecule has 0 unspecified atom stereocenters. The Balaban J connectivity index is 1.12. The summed E-state index contributed by atoms with van der Waals surface area (Å²) in [4.78, 5) is 0. The first-order valence-corrected chi connectivity index (χ1v) is 18.7. The van der Waals surface area contributed by atoms with E-state index in [4.69, 9.17) is 0 Å². The van der Waals surface area contributed by atoms with Crippen LogP contribution in [0.5, 0.6) is 0 Å². The van der Waals surface area contributed by atoms with E-state index in [2.05, 4.69) is 196 Å². The van der Waals surface area contributed by atoms with E-state index in [1.807, 2.05) is 0 Å². The summed E-state index contributed by atoms with van der Waals surface area (Å²) in [5.74, 6) is 0. The summed E-state index contributed by atoms with van der Waals surface area (Å²) >= 11 is 0. The number of rotatable bonds is 3. The lowest BCUT2D eigenvalue weighted by Gasteiger charge is -2.23. The molecule has 11 rings (SSSR count). The second kappa shape index (κ2) is 11.2. The van der Waals surface area contributed by atoms with Crippen molar-refractivity contribution in [3.8, 4) is 44.5 Å². The summed E-state index contributed by atoms with van der Waals surface area (Å²) in [5.41, 5.74) is 13.1. The standard InChI is InChI=1S/C53H36/c1-53(2)48-25-13-24-38(51(48)46-31-30-33-14-3-6-17-39(33)52(46)53)34-26-28-35(29-27-34)49-42-20-9-11-22-44(42)50(45-23-12-10-21-43(45)49)47-32-36-15-4-5-16-37(36)40-18-7-8-19-41(40)47/h3-32H,1-2H3. The van der Waals surface area contributed by atoms with E-state index in [1.54, 1.807) is 0 Å². The Morgan fingerprint density at radius 2 is 0.830 bits per heavy atom. The van der Waals surface area contributed by atoms with Crippen LogP contribution in [0.25, 0.3) is 98.4 Å². The van der Waals surface area contributed by atoms with Crippen molar-refractivity contribution in [1.29, 1.82) is 0 Å². The van der Waals surface area contributed by atoms with Crippen LogP contribution in [0.3, 0.4) is 0 Å². The zero-order valence-electron chi connectivity index (χ0n) is 29.8. The summed E-state index contributed by atoms with van der Waals surface area (Å²) in [6.45, 7) is 4.77. The van der Waals surface area contributed by atoms with Crippen molar-refractivity contribution in [3.63, 3.8) is 0 Å². The predicted molar refractivity (Wildman–Crippen MR) is 228 cm³/mol. The molecule has 10 aromatic rings. The van der Waals surface area contributed by atoms with Crippen LogP contribution in [0.15, 0.2) is 182 Å². The monoisotopic (exact) mass is 672 g/mol. The third-order valence-corrected chi connectivity index (χ3v) is 12.0. The molecule has 0 saturated carbocycles. The highest BCUT2D eigenvalue weighted by molar-refractivity contribution is 6.25. The van der Waals surface area contributed by atoms with Gasteiger partial charge in [0.1, 0.15) is 0 Å². The molecule has 0 heterocycles. The molecule has 10 aromatic carbocycles. The normalized spacial score (nSPS) is 13.2. The number of benzene rings is 10. The van der Waals surface area contributed by atoms with Gasteiger partial charge in [-0.3, -0.25) is 0 Å².